The van der Waals surface area contributed by atoms with Gasteiger partial charge in [0.1, 0.15) is 11.2 Å². The van der Waals surface area contributed by atoms with Crippen LogP contribution in [0.5, 0.6) is 0 Å². The van der Waals surface area contributed by atoms with Crippen LogP contribution < -0.4 is 0 Å². The molecule has 5 heteroatoms. The van der Waals surface area contributed by atoms with Crippen molar-refractivity contribution in [2.75, 3.05) is 0 Å². The molecular weight excluding hydrogens is 703 g/mol. The van der Waals surface area contributed by atoms with Gasteiger partial charge in [0.15, 0.2) is 17.5 Å². The van der Waals surface area contributed by atoms with Crippen LogP contribution in [0.4, 0.5) is 0 Å². The number of hydrogen-bond acceptors (Lipinski definition) is 5. The van der Waals surface area contributed by atoms with Crippen molar-refractivity contribution in [2.45, 2.75) is 0 Å². The fourth-order valence-corrected chi connectivity index (χ4v) is 8.89. The lowest BCUT2D eigenvalue weighted by molar-refractivity contribution is 0.670. The van der Waals surface area contributed by atoms with Gasteiger partial charge in [-0.2, -0.15) is 0 Å². The average Bonchev–Trinajstić information content (AvgIpc) is 3.85. The fourth-order valence-electron chi connectivity index (χ4n) is 7.81. The molecule has 0 spiro atoms. The Morgan fingerprint density at radius 1 is 0.339 bits per heavy atom. The second-order valence-electron chi connectivity index (χ2n) is 14.0. The molecule has 8 aromatic carbocycles. The Kier molecular flexibility index (Phi) is 7.64. The van der Waals surface area contributed by atoms with Crippen molar-refractivity contribution in [1.29, 1.82) is 0 Å². The zero-order valence-electron chi connectivity index (χ0n) is 30.1. The number of rotatable bonds is 6. The summed E-state index contributed by atoms with van der Waals surface area (Å²) in [5, 5.41) is 4.76. The van der Waals surface area contributed by atoms with E-state index in [1.54, 1.807) is 0 Å². The van der Waals surface area contributed by atoms with Crippen LogP contribution in [0, 0.1) is 0 Å². The Morgan fingerprint density at radius 2 is 0.893 bits per heavy atom. The first-order valence-corrected chi connectivity index (χ1v) is 19.5. The molecule has 0 N–H and O–H groups in total. The zero-order valence-corrected chi connectivity index (χ0v) is 30.9. The molecule has 0 unspecified atom stereocenters. The largest absolute Gasteiger partial charge is 0.455 e. The normalized spacial score (nSPS) is 11.6. The van der Waals surface area contributed by atoms with Crippen molar-refractivity contribution in [3.8, 4) is 67.5 Å². The van der Waals surface area contributed by atoms with Crippen molar-refractivity contribution in [3.63, 3.8) is 0 Å². The number of para-hydroxylation sites is 1. The molecule has 0 aliphatic carbocycles. The Bertz CT molecular complexity index is 3240. The fraction of sp³-hybridized carbons (Fsp3) is 0. The summed E-state index contributed by atoms with van der Waals surface area (Å²) < 4.78 is 9.28. The van der Waals surface area contributed by atoms with E-state index >= 15 is 0 Å². The van der Waals surface area contributed by atoms with E-state index in [2.05, 4.69) is 146 Å². The van der Waals surface area contributed by atoms with E-state index in [1.807, 2.05) is 53.8 Å². The molecule has 0 saturated heterocycles. The molecule has 3 heterocycles. The van der Waals surface area contributed by atoms with Gasteiger partial charge in [-0.1, -0.05) is 152 Å². The summed E-state index contributed by atoms with van der Waals surface area (Å²) >= 11 is 1.83. The minimum absolute atomic E-state index is 0.621. The highest BCUT2D eigenvalue weighted by Crippen LogP contribution is 2.44. The Labute approximate surface area is 327 Å². The van der Waals surface area contributed by atoms with Crippen molar-refractivity contribution in [3.05, 3.63) is 188 Å². The van der Waals surface area contributed by atoms with Crippen molar-refractivity contribution in [1.82, 2.24) is 15.0 Å². The third kappa shape index (κ3) is 5.56. The molecule has 0 amide bonds. The van der Waals surface area contributed by atoms with Crippen molar-refractivity contribution < 1.29 is 4.42 Å². The number of nitrogens with zero attached hydrogens (tertiary/aromatic N) is 3. The predicted octanol–water partition coefficient (Wildman–Crippen LogP) is 14.1. The van der Waals surface area contributed by atoms with Gasteiger partial charge in [0.05, 0.1) is 0 Å². The van der Waals surface area contributed by atoms with Gasteiger partial charge in [0.2, 0.25) is 0 Å². The molecule has 0 radical (unpaired) electrons. The molecule has 0 aliphatic heterocycles. The summed E-state index contributed by atoms with van der Waals surface area (Å²) in [6.45, 7) is 0. The zero-order chi connectivity index (χ0) is 37.0. The highest BCUT2D eigenvalue weighted by Gasteiger charge is 2.19. The first-order chi connectivity index (χ1) is 27.7. The highest BCUT2D eigenvalue weighted by molar-refractivity contribution is 7.25. The lowest BCUT2D eigenvalue weighted by atomic mass is 9.93. The molecule has 3 aromatic heterocycles. The average molecular weight is 734 g/mol. The van der Waals surface area contributed by atoms with Crippen molar-refractivity contribution in [2.24, 2.45) is 0 Å². The van der Waals surface area contributed by atoms with Crippen LogP contribution in [-0.4, -0.2) is 15.0 Å². The highest BCUT2D eigenvalue weighted by atomic mass is 32.1. The molecule has 0 bridgehead atoms. The molecule has 262 valence electrons. The maximum Gasteiger partial charge on any atom is 0.164 e. The van der Waals surface area contributed by atoms with Gasteiger partial charge in [-0.3, -0.25) is 0 Å². The molecular formula is C51H31N3OS. The van der Waals surface area contributed by atoms with Gasteiger partial charge < -0.3 is 4.42 Å². The minimum atomic E-state index is 0.621. The molecule has 0 atom stereocenters. The molecule has 56 heavy (non-hydrogen) atoms. The van der Waals surface area contributed by atoms with Gasteiger partial charge in [0, 0.05) is 53.2 Å². The van der Waals surface area contributed by atoms with Crippen LogP contribution in [-0.2, 0) is 0 Å². The van der Waals surface area contributed by atoms with E-state index in [-0.39, 0.29) is 0 Å². The predicted molar refractivity (Wildman–Crippen MR) is 233 cm³/mol. The minimum Gasteiger partial charge on any atom is -0.455 e. The lowest BCUT2D eigenvalue weighted by Crippen LogP contribution is -2.00. The van der Waals surface area contributed by atoms with Gasteiger partial charge >= 0.3 is 0 Å². The van der Waals surface area contributed by atoms with Crippen LogP contribution in [0.1, 0.15) is 0 Å². The third-order valence-corrected chi connectivity index (χ3v) is 11.7. The van der Waals surface area contributed by atoms with E-state index in [1.165, 1.54) is 20.2 Å². The van der Waals surface area contributed by atoms with Crippen LogP contribution in [0.2, 0.25) is 0 Å². The second-order valence-corrected chi connectivity index (χ2v) is 15.1. The number of aromatic nitrogens is 3. The topological polar surface area (TPSA) is 51.8 Å². The smallest absolute Gasteiger partial charge is 0.164 e. The summed E-state index contributed by atoms with van der Waals surface area (Å²) in [6, 6.07) is 65.6. The summed E-state index contributed by atoms with van der Waals surface area (Å²) in [5.41, 5.74) is 11.2. The van der Waals surface area contributed by atoms with Gasteiger partial charge in [0.25, 0.3) is 0 Å². The SMILES string of the molecule is c1ccc(-c2cccc(-c3nc(-c4ccccc4)nc(-c4ccc(-c5ccc(-c6ccc7sc8ccccc8c7c6)c6oc7ccccc7c56)cc4)n3)c2)cc1. The standard InChI is InChI=1S/C51H31N3OS/c1-3-12-32(13-4-1)36-16-11-17-38(30-36)51-53-49(34-14-5-2-6-15-34)52-50(54-51)35-24-22-33(23-25-35)39-27-28-40(48-47(39)42-19-7-9-20-44(42)55-48)37-26-29-46-43(31-37)41-18-8-10-21-45(41)56-46/h1-31H. The van der Waals surface area contributed by atoms with Crippen LogP contribution in [0.15, 0.2) is 192 Å². The first kappa shape index (κ1) is 32.2. The van der Waals surface area contributed by atoms with Gasteiger partial charge in [-0.25, -0.2) is 15.0 Å². The van der Waals surface area contributed by atoms with Crippen LogP contribution in [0.25, 0.3) is 110 Å². The van der Waals surface area contributed by atoms with Crippen LogP contribution in [0.3, 0.4) is 0 Å². The maximum atomic E-state index is 6.70. The Hall–Kier alpha value is -7.21. The summed E-state index contributed by atoms with van der Waals surface area (Å²) in [5.74, 6) is 1.89. The summed E-state index contributed by atoms with van der Waals surface area (Å²) in [7, 11) is 0. The first-order valence-electron chi connectivity index (χ1n) is 18.7. The molecule has 0 saturated carbocycles. The van der Waals surface area contributed by atoms with E-state index in [0.29, 0.717) is 17.5 Å². The van der Waals surface area contributed by atoms with Crippen molar-refractivity contribution >= 4 is 53.4 Å². The number of hydrogen-bond donors (Lipinski definition) is 0. The number of furan rings is 1. The lowest BCUT2D eigenvalue weighted by Gasteiger charge is -2.11. The number of benzene rings is 8. The number of thiophene rings is 1. The third-order valence-electron chi connectivity index (χ3n) is 10.6. The summed E-state index contributed by atoms with van der Waals surface area (Å²) in [4.78, 5) is 15.1. The number of fused-ring (bicyclic) bond motifs is 6. The summed E-state index contributed by atoms with van der Waals surface area (Å²) in [6.07, 6.45) is 0. The second kappa shape index (κ2) is 13.3. The van der Waals surface area contributed by atoms with Gasteiger partial charge in [-0.05, 0) is 64.2 Å². The monoisotopic (exact) mass is 733 g/mol. The Balaban J connectivity index is 1.02. The van der Waals surface area contributed by atoms with E-state index < -0.39 is 0 Å². The molecule has 0 fully saturated rings. The van der Waals surface area contributed by atoms with E-state index in [9.17, 15) is 0 Å². The van der Waals surface area contributed by atoms with Crippen LogP contribution >= 0.6 is 11.3 Å². The van der Waals surface area contributed by atoms with Gasteiger partial charge in [-0.15, -0.1) is 11.3 Å². The Morgan fingerprint density at radius 3 is 1.68 bits per heavy atom. The van der Waals surface area contributed by atoms with E-state index in [4.69, 9.17) is 19.4 Å². The molecule has 0 aliphatic rings. The molecule has 4 nitrogen and oxygen atoms in total. The van der Waals surface area contributed by atoms with E-state index in [0.717, 1.165) is 72.0 Å². The quantitative estimate of drug-likeness (QED) is 0.171. The molecule has 11 aromatic rings. The molecule has 11 rings (SSSR count). The maximum absolute atomic E-state index is 6.70.